The van der Waals surface area contributed by atoms with E-state index in [1.54, 1.807) is 0 Å². The summed E-state index contributed by atoms with van der Waals surface area (Å²) in [5.74, 6) is 1.49. The van der Waals surface area contributed by atoms with Crippen molar-refractivity contribution in [2.24, 2.45) is 0 Å². The predicted octanol–water partition coefficient (Wildman–Crippen LogP) is 10.1. The zero-order valence-corrected chi connectivity index (χ0v) is 25.1. The Morgan fingerprint density at radius 3 is 1.83 bits per heavy atom. The van der Waals surface area contributed by atoms with Gasteiger partial charge in [-0.15, -0.1) is 0 Å². The first kappa shape index (κ1) is 25.8. The Hall–Kier alpha value is -6.53. The lowest BCUT2D eigenvalue weighted by atomic mass is 9.90. The molecule has 0 radical (unpaired) electrons. The van der Waals surface area contributed by atoms with Gasteiger partial charge < -0.3 is 4.74 Å². The van der Waals surface area contributed by atoms with E-state index in [1.165, 1.54) is 16.7 Å². The Morgan fingerprint density at radius 2 is 1.11 bits per heavy atom. The van der Waals surface area contributed by atoms with Crippen molar-refractivity contribution in [1.29, 1.82) is 0 Å². The van der Waals surface area contributed by atoms with E-state index in [-0.39, 0.29) is 0 Å². The summed E-state index contributed by atoms with van der Waals surface area (Å²) in [7, 11) is 0. The molecule has 0 saturated carbocycles. The number of hydrogen-bond donors (Lipinski definition) is 0. The van der Waals surface area contributed by atoms with E-state index < -0.39 is 0 Å². The summed E-state index contributed by atoms with van der Waals surface area (Å²) in [6, 6.07) is 40.3. The van der Waals surface area contributed by atoms with Crippen LogP contribution < -0.4 is 4.74 Å². The van der Waals surface area contributed by atoms with E-state index in [1.807, 2.05) is 43.1 Å². The highest BCUT2D eigenvalue weighted by atomic mass is 16.5. The summed E-state index contributed by atoms with van der Waals surface area (Å²) in [6.07, 6.45) is 11.4. The molecule has 0 amide bonds. The van der Waals surface area contributed by atoms with Gasteiger partial charge in [-0.1, -0.05) is 72.8 Å². The van der Waals surface area contributed by atoms with Gasteiger partial charge in [-0.25, -0.2) is 9.97 Å². The number of rotatable bonds is 4. The normalized spacial score (nSPS) is 11.8. The van der Waals surface area contributed by atoms with Crippen molar-refractivity contribution < 1.29 is 4.74 Å². The number of fused-ring (bicyclic) bond motifs is 12. The van der Waals surface area contributed by atoms with E-state index in [9.17, 15) is 0 Å². The first-order chi connectivity index (χ1) is 23.3. The summed E-state index contributed by atoms with van der Waals surface area (Å²) in [6.45, 7) is 0. The second-order valence-corrected chi connectivity index (χ2v) is 11.8. The molecular formula is C41H25N5O. The van der Waals surface area contributed by atoms with E-state index in [0.29, 0.717) is 0 Å². The molecule has 47 heavy (non-hydrogen) atoms. The van der Waals surface area contributed by atoms with Crippen LogP contribution in [0.3, 0.4) is 0 Å². The minimum absolute atomic E-state index is 0.745. The van der Waals surface area contributed by atoms with Gasteiger partial charge in [0.05, 0.1) is 17.2 Å². The largest absolute Gasteiger partial charge is 0.457 e. The zero-order valence-electron chi connectivity index (χ0n) is 25.1. The van der Waals surface area contributed by atoms with E-state index in [4.69, 9.17) is 9.72 Å². The number of hydrogen-bond acceptors (Lipinski definition) is 4. The van der Waals surface area contributed by atoms with E-state index >= 15 is 0 Å². The number of ether oxygens (including phenoxy) is 1. The predicted molar refractivity (Wildman–Crippen MR) is 189 cm³/mol. The van der Waals surface area contributed by atoms with Crippen LogP contribution in [0.5, 0.6) is 11.5 Å². The molecule has 0 aliphatic heterocycles. The average Bonchev–Trinajstić information content (AvgIpc) is 3.84. The van der Waals surface area contributed by atoms with Crippen molar-refractivity contribution in [3.63, 3.8) is 0 Å². The number of benzene rings is 5. The van der Waals surface area contributed by atoms with Crippen molar-refractivity contribution in [3.8, 4) is 33.8 Å². The standard InChI is InChI=1S/C41H25N5O/c1-3-7-26(8-4-1)30-15-16-34-32-14-12-29(24-36(32)41-44-20-22-46(41)39(34)38(30)27-9-5-2-6-10-27)47-28-11-13-31-33-17-18-42-25-37(33)45-21-19-43-40(45)35(31)23-28/h1-25H. The topological polar surface area (TPSA) is 56.7 Å². The Morgan fingerprint density at radius 1 is 0.489 bits per heavy atom. The lowest BCUT2D eigenvalue weighted by Gasteiger charge is -2.18. The molecule has 0 saturated heterocycles. The van der Waals surface area contributed by atoms with Crippen LogP contribution in [0.4, 0.5) is 0 Å². The van der Waals surface area contributed by atoms with Crippen molar-refractivity contribution in [3.05, 3.63) is 152 Å². The molecule has 5 aromatic heterocycles. The van der Waals surface area contributed by atoms with Crippen LogP contribution in [0.1, 0.15) is 0 Å². The first-order valence-corrected chi connectivity index (χ1v) is 15.6. The van der Waals surface area contributed by atoms with Gasteiger partial charge >= 0.3 is 0 Å². The molecule has 10 aromatic rings. The molecule has 0 aliphatic rings. The van der Waals surface area contributed by atoms with Crippen molar-refractivity contribution in [2.75, 3.05) is 0 Å². The third-order valence-electron chi connectivity index (χ3n) is 9.19. The fourth-order valence-corrected chi connectivity index (χ4v) is 7.15. The molecule has 0 atom stereocenters. The van der Waals surface area contributed by atoms with Crippen LogP contribution in [-0.4, -0.2) is 23.8 Å². The quantitative estimate of drug-likeness (QED) is 0.188. The van der Waals surface area contributed by atoms with Gasteiger partial charge in [-0.05, 0) is 69.9 Å². The fourth-order valence-electron chi connectivity index (χ4n) is 7.15. The third kappa shape index (κ3) is 3.88. The minimum atomic E-state index is 0.745. The first-order valence-electron chi connectivity index (χ1n) is 15.6. The zero-order chi connectivity index (χ0) is 30.9. The molecule has 10 rings (SSSR count). The summed E-state index contributed by atoms with van der Waals surface area (Å²) >= 11 is 0. The lowest BCUT2D eigenvalue weighted by Crippen LogP contribution is -1.96. The number of aromatic nitrogens is 5. The van der Waals surface area contributed by atoms with Crippen molar-refractivity contribution in [2.45, 2.75) is 0 Å². The second-order valence-electron chi connectivity index (χ2n) is 11.8. The second kappa shape index (κ2) is 9.99. The Labute approximate surface area is 268 Å². The Kier molecular flexibility index (Phi) is 5.48. The Balaban J connectivity index is 1.16. The number of pyridine rings is 3. The molecule has 220 valence electrons. The summed E-state index contributed by atoms with van der Waals surface area (Å²) in [4.78, 5) is 13.9. The van der Waals surface area contributed by atoms with Crippen LogP contribution in [0.2, 0.25) is 0 Å². The molecule has 6 nitrogen and oxygen atoms in total. The Bertz CT molecular complexity index is 2820. The van der Waals surface area contributed by atoms with Gasteiger partial charge in [0.25, 0.3) is 0 Å². The highest BCUT2D eigenvalue weighted by Crippen LogP contribution is 2.42. The lowest BCUT2D eigenvalue weighted by molar-refractivity contribution is 0.484. The molecule has 0 bridgehead atoms. The maximum atomic E-state index is 6.55. The minimum Gasteiger partial charge on any atom is -0.457 e. The van der Waals surface area contributed by atoms with Gasteiger partial charge in [0.1, 0.15) is 22.8 Å². The molecule has 5 heterocycles. The van der Waals surface area contributed by atoms with Crippen LogP contribution in [-0.2, 0) is 0 Å². The monoisotopic (exact) mass is 603 g/mol. The maximum Gasteiger partial charge on any atom is 0.145 e. The third-order valence-corrected chi connectivity index (χ3v) is 9.19. The van der Waals surface area contributed by atoms with Crippen molar-refractivity contribution >= 4 is 54.6 Å². The summed E-state index contributed by atoms with van der Waals surface area (Å²) < 4.78 is 10.9. The van der Waals surface area contributed by atoms with Crippen molar-refractivity contribution in [1.82, 2.24) is 23.8 Å². The van der Waals surface area contributed by atoms with Gasteiger partial charge in [-0.2, -0.15) is 0 Å². The maximum absolute atomic E-state index is 6.55. The van der Waals surface area contributed by atoms with Gasteiger partial charge in [0, 0.05) is 58.1 Å². The molecule has 5 aromatic carbocycles. The SMILES string of the molecule is c1ccc(-c2ccc3c4ccc(Oc5ccc6c7ccncc7n7ccnc7c6c5)cc4c4nccn4c3c2-c2ccccc2)cc1. The highest BCUT2D eigenvalue weighted by Gasteiger charge is 2.19. The van der Waals surface area contributed by atoms with Gasteiger partial charge in [0.2, 0.25) is 0 Å². The molecular weight excluding hydrogens is 578 g/mol. The number of nitrogens with zero attached hydrogens (tertiary/aromatic N) is 5. The molecule has 0 N–H and O–H groups in total. The molecule has 0 unspecified atom stereocenters. The van der Waals surface area contributed by atoms with Gasteiger partial charge in [0.15, 0.2) is 0 Å². The molecule has 0 fully saturated rings. The van der Waals surface area contributed by atoms with E-state index in [0.717, 1.165) is 71.7 Å². The summed E-state index contributed by atoms with van der Waals surface area (Å²) in [5, 5.41) is 6.57. The van der Waals surface area contributed by atoms with Crippen LogP contribution in [0.15, 0.2) is 152 Å². The summed E-state index contributed by atoms with van der Waals surface area (Å²) in [5.41, 5.74) is 8.63. The smallest absolute Gasteiger partial charge is 0.145 e. The number of imidazole rings is 2. The highest BCUT2D eigenvalue weighted by molar-refractivity contribution is 6.17. The fraction of sp³-hybridized carbons (Fsp3) is 0. The van der Waals surface area contributed by atoms with E-state index in [2.05, 4.69) is 128 Å². The van der Waals surface area contributed by atoms with Crippen LogP contribution in [0.25, 0.3) is 76.9 Å². The average molecular weight is 604 g/mol. The molecule has 6 heteroatoms. The van der Waals surface area contributed by atoms with Crippen LogP contribution in [0, 0.1) is 0 Å². The van der Waals surface area contributed by atoms with Crippen LogP contribution >= 0.6 is 0 Å². The van der Waals surface area contributed by atoms with Gasteiger partial charge in [-0.3, -0.25) is 13.8 Å². The molecule has 0 aliphatic carbocycles. The molecule has 0 spiro atoms.